The number of hydrogen-bond acceptors (Lipinski definition) is 9. The molecule has 6 rings (SSSR count). The normalized spacial score (nSPS) is 20.2. The molecule has 1 radical (unpaired) electrons. The minimum atomic E-state index is -4.67. The van der Waals surface area contributed by atoms with E-state index in [0.29, 0.717) is 39.1 Å². The van der Waals surface area contributed by atoms with Crippen molar-refractivity contribution in [3.63, 3.8) is 0 Å². The average Bonchev–Trinajstić information content (AvgIpc) is 3.64. The van der Waals surface area contributed by atoms with E-state index in [1.165, 1.54) is 6.07 Å². The quantitative estimate of drug-likeness (QED) is 0.142. The van der Waals surface area contributed by atoms with E-state index in [-0.39, 0.29) is 23.7 Å². The highest BCUT2D eigenvalue weighted by Gasteiger charge is 2.48. The third-order valence-corrected chi connectivity index (χ3v) is 10.7. The first kappa shape index (κ1) is 33.0. The van der Waals surface area contributed by atoms with Gasteiger partial charge in [0, 0.05) is 68.9 Å². The van der Waals surface area contributed by atoms with Crippen LogP contribution in [0.15, 0.2) is 37.1 Å². The maximum Gasteiger partial charge on any atom is 0.451 e. The molecule has 0 amide bonds. The van der Waals surface area contributed by atoms with Gasteiger partial charge in [0.1, 0.15) is 30.3 Å². The topological polar surface area (TPSA) is 120 Å². The van der Waals surface area contributed by atoms with Crippen molar-refractivity contribution in [2.45, 2.75) is 88.4 Å². The molecule has 249 valence electrons. The Labute approximate surface area is 272 Å². The van der Waals surface area contributed by atoms with Gasteiger partial charge < -0.3 is 14.0 Å². The average molecular weight is 667 g/mol. The first-order chi connectivity index (χ1) is 22.3. The van der Waals surface area contributed by atoms with Crippen LogP contribution in [0.2, 0.25) is 25.7 Å². The Balaban J connectivity index is 1.08. The lowest BCUT2D eigenvalue weighted by molar-refractivity contribution is -0.145. The number of halogens is 3. The molecule has 47 heavy (non-hydrogen) atoms. The van der Waals surface area contributed by atoms with Crippen molar-refractivity contribution in [2.24, 2.45) is 0 Å². The smallest absolute Gasteiger partial charge is 0.451 e. The van der Waals surface area contributed by atoms with Gasteiger partial charge in [-0.25, -0.2) is 15.0 Å². The lowest BCUT2D eigenvalue weighted by atomic mass is 9.82. The van der Waals surface area contributed by atoms with E-state index >= 15 is 0 Å². The van der Waals surface area contributed by atoms with Crippen molar-refractivity contribution in [3.05, 3.63) is 55.5 Å². The van der Waals surface area contributed by atoms with Gasteiger partial charge >= 0.3 is 6.18 Å². The highest BCUT2D eigenvalue weighted by atomic mass is 28.3. The van der Waals surface area contributed by atoms with Gasteiger partial charge in [-0.05, 0) is 44.7 Å². The van der Waals surface area contributed by atoms with Crippen molar-refractivity contribution >= 4 is 19.1 Å². The molecule has 4 aromatic rings. The zero-order chi connectivity index (χ0) is 33.4. The SMILES string of the molecule is [CH2]c1cc(O[C@H]2CC[C@@H](N3CC(CC#N)(n4cc(-c5ncnc6c5ccn6COCC[Si](C)(C)C)cn4)C3)CC2)nc(C(F)(F)F)n1. The van der Waals surface area contributed by atoms with Crippen molar-refractivity contribution in [1.82, 2.24) is 39.2 Å². The third kappa shape index (κ3) is 7.34. The largest absolute Gasteiger partial charge is 0.474 e. The summed E-state index contributed by atoms with van der Waals surface area (Å²) in [6.07, 6.45) is 5.71. The molecule has 1 saturated carbocycles. The summed E-state index contributed by atoms with van der Waals surface area (Å²) in [6.45, 7) is 13.0. The summed E-state index contributed by atoms with van der Waals surface area (Å²) in [5, 5.41) is 15.4. The summed E-state index contributed by atoms with van der Waals surface area (Å²) in [7, 11) is -1.17. The summed E-state index contributed by atoms with van der Waals surface area (Å²) in [5.41, 5.74) is 1.94. The highest BCUT2D eigenvalue weighted by molar-refractivity contribution is 6.76. The number of likely N-dealkylation sites (tertiary alicyclic amines) is 1. The van der Waals surface area contributed by atoms with Crippen LogP contribution in [0, 0.1) is 18.3 Å². The van der Waals surface area contributed by atoms with Crippen molar-refractivity contribution < 1.29 is 22.6 Å². The minimum Gasteiger partial charge on any atom is -0.474 e. The summed E-state index contributed by atoms with van der Waals surface area (Å²) >= 11 is 0. The van der Waals surface area contributed by atoms with E-state index in [9.17, 15) is 18.4 Å². The number of hydrogen-bond donors (Lipinski definition) is 0. The predicted octanol–water partition coefficient (Wildman–Crippen LogP) is 5.91. The first-order valence-corrected chi connectivity index (χ1v) is 19.5. The summed E-state index contributed by atoms with van der Waals surface area (Å²) in [5.74, 6) is -1.35. The molecule has 2 fully saturated rings. The van der Waals surface area contributed by atoms with E-state index in [4.69, 9.17) is 14.6 Å². The number of aromatic nitrogens is 7. The van der Waals surface area contributed by atoms with Crippen molar-refractivity contribution in [3.8, 4) is 23.2 Å². The molecule has 0 aromatic carbocycles. The van der Waals surface area contributed by atoms with Crippen molar-refractivity contribution in [1.29, 1.82) is 5.26 Å². The molecular weight excluding hydrogens is 627 g/mol. The van der Waals surface area contributed by atoms with Crippen molar-refractivity contribution in [2.75, 3.05) is 19.7 Å². The Morgan fingerprint density at radius 2 is 1.89 bits per heavy atom. The van der Waals surface area contributed by atoms with Gasteiger partial charge in [-0.1, -0.05) is 19.6 Å². The minimum absolute atomic E-state index is 0.0347. The van der Waals surface area contributed by atoms with Gasteiger partial charge in [-0.2, -0.15) is 28.5 Å². The maximum atomic E-state index is 13.1. The van der Waals surface area contributed by atoms with E-state index in [1.54, 1.807) is 12.5 Å². The van der Waals surface area contributed by atoms with Gasteiger partial charge in [-0.15, -0.1) is 0 Å². The number of fused-ring (bicyclic) bond motifs is 1. The zero-order valence-corrected chi connectivity index (χ0v) is 27.9. The van der Waals surface area contributed by atoms with E-state index < -0.39 is 25.6 Å². The van der Waals surface area contributed by atoms with Crippen LogP contribution >= 0.6 is 0 Å². The summed E-state index contributed by atoms with van der Waals surface area (Å²) < 4.78 is 55.1. The van der Waals surface area contributed by atoms with Crippen LogP contribution in [-0.4, -0.2) is 79.1 Å². The summed E-state index contributed by atoms with van der Waals surface area (Å²) in [4.78, 5) is 18.4. The monoisotopic (exact) mass is 666 g/mol. The second-order valence-corrected chi connectivity index (χ2v) is 19.4. The lowest BCUT2D eigenvalue weighted by Gasteiger charge is -2.53. The van der Waals surface area contributed by atoms with Crippen LogP contribution in [0.1, 0.15) is 43.6 Å². The second-order valence-electron chi connectivity index (χ2n) is 13.8. The van der Waals surface area contributed by atoms with Gasteiger partial charge in [0.15, 0.2) is 0 Å². The fourth-order valence-corrected chi connectivity index (χ4v) is 7.15. The van der Waals surface area contributed by atoms with Gasteiger partial charge in [0.05, 0.1) is 24.4 Å². The standard InChI is InChI=1S/C32H39F3N9O2Si/c1-22-15-27(41-30(40-22)32(33,34)35)46-25-7-5-24(6-8-25)43-18-31(19-43,10-11-36)44-17-23(16-39-44)28-26-9-12-42(29(26)38-20-37-28)21-45-13-14-47(2,3)4/h9,12,15-17,20,24-25H,1,5-8,10,13-14,18-19,21H2,2-4H3/t24-,25+. The fraction of sp³-hybridized carbons (Fsp3) is 0.531. The van der Waals surface area contributed by atoms with Crippen LogP contribution in [0.25, 0.3) is 22.3 Å². The predicted molar refractivity (Wildman–Crippen MR) is 171 cm³/mol. The number of nitriles is 1. The molecule has 0 bridgehead atoms. The maximum absolute atomic E-state index is 13.1. The van der Waals surface area contributed by atoms with Crippen LogP contribution in [0.5, 0.6) is 5.88 Å². The number of ether oxygens (including phenoxy) is 2. The first-order valence-electron chi connectivity index (χ1n) is 15.8. The zero-order valence-electron chi connectivity index (χ0n) is 26.9. The Morgan fingerprint density at radius 3 is 2.60 bits per heavy atom. The Hall–Kier alpha value is -3.87. The summed E-state index contributed by atoms with van der Waals surface area (Å²) in [6, 6.07) is 7.07. The molecule has 2 aliphatic rings. The number of nitrogens with zero attached hydrogens (tertiary/aromatic N) is 9. The molecule has 1 aliphatic carbocycles. The molecule has 15 heteroatoms. The van der Waals surface area contributed by atoms with Crippen LogP contribution in [0.4, 0.5) is 13.2 Å². The van der Waals surface area contributed by atoms with Gasteiger partial charge in [-0.3, -0.25) is 9.58 Å². The van der Waals surface area contributed by atoms with Crippen LogP contribution in [0.3, 0.4) is 0 Å². The molecule has 1 saturated heterocycles. The van der Waals surface area contributed by atoms with Crippen LogP contribution in [-0.2, 0) is 23.2 Å². The van der Waals surface area contributed by atoms with E-state index in [2.05, 4.69) is 57.5 Å². The second kappa shape index (κ2) is 13.0. The van der Waals surface area contributed by atoms with Gasteiger partial charge in [0.2, 0.25) is 11.7 Å². The lowest BCUT2D eigenvalue weighted by Crippen LogP contribution is -2.65. The molecule has 0 unspecified atom stereocenters. The Morgan fingerprint density at radius 1 is 1.13 bits per heavy atom. The number of rotatable bonds is 11. The fourth-order valence-electron chi connectivity index (χ4n) is 6.40. The highest BCUT2D eigenvalue weighted by Crippen LogP contribution is 2.39. The van der Waals surface area contributed by atoms with Crippen LogP contribution < -0.4 is 4.74 Å². The third-order valence-electron chi connectivity index (χ3n) is 8.98. The molecule has 11 nitrogen and oxygen atoms in total. The number of alkyl halides is 3. The Bertz CT molecular complexity index is 1750. The molecule has 1 aliphatic heterocycles. The van der Waals surface area contributed by atoms with E-state index in [1.807, 2.05) is 27.7 Å². The molecule has 0 spiro atoms. The molecular formula is C32H39F3N9O2Si. The van der Waals surface area contributed by atoms with E-state index in [0.717, 1.165) is 47.8 Å². The molecule has 0 N–H and O–H groups in total. The molecule has 0 atom stereocenters. The molecule has 4 aromatic heterocycles. The Kier molecular flexibility index (Phi) is 9.12. The van der Waals surface area contributed by atoms with Gasteiger partial charge in [0.25, 0.3) is 0 Å². The molecule has 5 heterocycles.